The molecule has 0 saturated carbocycles. The van der Waals surface area contributed by atoms with E-state index in [-0.39, 0.29) is 18.2 Å². The Morgan fingerprint density at radius 3 is 2.83 bits per heavy atom. The summed E-state index contributed by atoms with van der Waals surface area (Å²) in [6.07, 6.45) is 3.11. The van der Waals surface area contributed by atoms with Crippen molar-refractivity contribution in [1.29, 1.82) is 0 Å². The monoisotopic (exact) mass is 391 g/mol. The Morgan fingerprint density at radius 2 is 1.97 bits per heavy atom. The molecule has 150 valence electrons. The number of nitrogens with one attached hydrogen (secondary N) is 2. The molecule has 1 atom stereocenters. The van der Waals surface area contributed by atoms with E-state index < -0.39 is 6.10 Å². The van der Waals surface area contributed by atoms with Gasteiger partial charge in [-0.2, -0.15) is 0 Å². The van der Waals surface area contributed by atoms with Gasteiger partial charge in [0.05, 0.1) is 5.69 Å². The Hall–Kier alpha value is -3.28. The van der Waals surface area contributed by atoms with Gasteiger partial charge in [0, 0.05) is 36.6 Å². The normalized spacial score (nSPS) is 15.8. The van der Waals surface area contributed by atoms with E-state index in [4.69, 9.17) is 4.74 Å². The molecule has 1 aliphatic heterocycles. The van der Waals surface area contributed by atoms with E-state index >= 15 is 0 Å². The second-order valence-electron chi connectivity index (χ2n) is 7.18. The van der Waals surface area contributed by atoms with Crippen molar-refractivity contribution in [3.63, 3.8) is 0 Å². The molecule has 3 aromatic rings. The summed E-state index contributed by atoms with van der Waals surface area (Å²) in [6.45, 7) is 2.83. The van der Waals surface area contributed by atoms with Crippen LogP contribution in [-0.4, -0.2) is 36.0 Å². The van der Waals surface area contributed by atoms with E-state index in [0.717, 1.165) is 17.6 Å². The van der Waals surface area contributed by atoms with Crippen LogP contribution in [0.1, 0.15) is 25.3 Å². The zero-order valence-corrected chi connectivity index (χ0v) is 16.5. The molecule has 0 saturated heterocycles. The lowest BCUT2D eigenvalue weighted by Gasteiger charge is -2.33. The number of ether oxygens (including phenoxy) is 1. The summed E-state index contributed by atoms with van der Waals surface area (Å²) in [5.74, 6) is 0.547. The number of carbonyl (C=O) groups is 2. The third-order valence-electron chi connectivity index (χ3n) is 5.29. The summed E-state index contributed by atoms with van der Waals surface area (Å²) < 4.78 is 5.78. The van der Waals surface area contributed by atoms with E-state index in [0.29, 0.717) is 25.3 Å². The van der Waals surface area contributed by atoms with E-state index in [9.17, 15) is 9.59 Å². The number of aromatic nitrogens is 1. The molecule has 2 aromatic carbocycles. The maximum absolute atomic E-state index is 12.7. The number of fused-ring (bicyclic) bond motifs is 2. The van der Waals surface area contributed by atoms with Gasteiger partial charge < -0.3 is 19.9 Å². The van der Waals surface area contributed by atoms with Gasteiger partial charge in [-0.05, 0) is 36.6 Å². The molecular weight excluding hydrogens is 366 g/mol. The molecule has 29 heavy (non-hydrogen) atoms. The van der Waals surface area contributed by atoms with Crippen LogP contribution in [-0.2, 0) is 16.0 Å². The second kappa shape index (κ2) is 8.39. The molecule has 0 spiro atoms. The van der Waals surface area contributed by atoms with Crippen molar-refractivity contribution in [3.8, 4) is 5.75 Å². The summed E-state index contributed by atoms with van der Waals surface area (Å²) >= 11 is 0. The van der Waals surface area contributed by atoms with Gasteiger partial charge in [0.25, 0.3) is 5.91 Å². The smallest absolute Gasteiger partial charge is 0.268 e. The van der Waals surface area contributed by atoms with Crippen molar-refractivity contribution in [1.82, 2.24) is 10.3 Å². The van der Waals surface area contributed by atoms with Gasteiger partial charge in [-0.15, -0.1) is 0 Å². The lowest BCUT2D eigenvalue weighted by molar-refractivity contribution is -0.126. The fourth-order valence-corrected chi connectivity index (χ4v) is 3.74. The van der Waals surface area contributed by atoms with Gasteiger partial charge in [-0.25, -0.2) is 0 Å². The average molecular weight is 391 g/mol. The Kier molecular flexibility index (Phi) is 5.51. The molecule has 1 aliphatic rings. The molecule has 6 heteroatoms. The summed E-state index contributed by atoms with van der Waals surface area (Å²) in [5, 5.41) is 4.15. The maximum Gasteiger partial charge on any atom is 0.268 e. The minimum absolute atomic E-state index is 0.0605. The highest BCUT2D eigenvalue weighted by Crippen LogP contribution is 2.34. The highest BCUT2D eigenvalue weighted by molar-refractivity contribution is 6.00. The Labute approximate surface area is 169 Å². The molecule has 6 nitrogen and oxygen atoms in total. The molecule has 4 rings (SSSR count). The lowest BCUT2D eigenvalue weighted by Crippen LogP contribution is -2.46. The number of aromatic amines is 1. The Balaban J connectivity index is 1.33. The molecular formula is C23H25N3O3. The number of nitrogens with zero attached hydrogens (tertiary/aromatic N) is 1. The van der Waals surface area contributed by atoms with E-state index in [2.05, 4.69) is 16.4 Å². The van der Waals surface area contributed by atoms with Crippen molar-refractivity contribution in [3.05, 3.63) is 60.3 Å². The number of rotatable bonds is 7. The standard InChI is InChI=1S/C23H25N3O3/c1-2-20-23(28)26(19-9-5-6-10-21(19)29-20)14-12-22(27)24-13-11-16-15-25-18-8-4-3-7-17(16)18/h3-10,15,20,25H,2,11-14H2,1H3,(H,24,27). The van der Waals surface area contributed by atoms with Crippen LogP contribution < -0.4 is 15.0 Å². The van der Waals surface area contributed by atoms with Gasteiger partial charge in [0.2, 0.25) is 5.91 Å². The zero-order chi connectivity index (χ0) is 20.2. The number of H-pyrrole nitrogens is 1. The highest BCUT2D eigenvalue weighted by atomic mass is 16.5. The van der Waals surface area contributed by atoms with Crippen molar-refractivity contribution >= 4 is 28.4 Å². The highest BCUT2D eigenvalue weighted by Gasteiger charge is 2.33. The van der Waals surface area contributed by atoms with Gasteiger partial charge in [0.15, 0.2) is 6.10 Å². The first-order chi connectivity index (χ1) is 14.2. The van der Waals surface area contributed by atoms with Gasteiger partial charge in [-0.3, -0.25) is 9.59 Å². The predicted molar refractivity (Wildman–Crippen MR) is 113 cm³/mol. The summed E-state index contributed by atoms with van der Waals surface area (Å²) in [4.78, 5) is 30.0. The molecule has 2 N–H and O–H groups in total. The van der Waals surface area contributed by atoms with Crippen molar-refractivity contribution in [2.24, 2.45) is 0 Å². The van der Waals surface area contributed by atoms with Gasteiger partial charge >= 0.3 is 0 Å². The van der Waals surface area contributed by atoms with Crippen LogP contribution in [0, 0.1) is 0 Å². The number of carbonyl (C=O) groups excluding carboxylic acids is 2. The average Bonchev–Trinajstić information content (AvgIpc) is 3.16. The van der Waals surface area contributed by atoms with Crippen molar-refractivity contribution < 1.29 is 14.3 Å². The summed E-state index contributed by atoms with van der Waals surface area (Å²) in [7, 11) is 0. The van der Waals surface area contributed by atoms with Gasteiger partial charge in [0.1, 0.15) is 5.75 Å². The van der Waals surface area contributed by atoms with Crippen LogP contribution in [0.5, 0.6) is 5.75 Å². The summed E-state index contributed by atoms with van der Waals surface area (Å²) in [5.41, 5.74) is 3.02. The van der Waals surface area contributed by atoms with Crippen LogP contribution in [0.15, 0.2) is 54.7 Å². The molecule has 0 fully saturated rings. The Morgan fingerprint density at radius 1 is 1.17 bits per heavy atom. The first-order valence-corrected chi connectivity index (χ1v) is 10.1. The fourth-order valence-electron chi connectivity index (χ4n) is 3.74. The van der Waals surface area contributed by atoms with Crippen molar-refractivity contribution in [2.75, 3.05) is 18.0 Å². The van der Waals surface area contributed by atoms with Crippen LogP contribution in [0.2, 0.25) is 0 Å². The van der Waals surface area contributed by atoms with E-state index in [1.807, 2.05) is 55.6 Å². The number of para-hydroxylation sites is 3. The predicted octanol–water partition coefficient (Wildman–Crippen LogP) is 3.42. The molecule has 0 bridgehead atoms. The second-order valence-corrected chi connectivity index (χ2v) is 7.18. The number of hydrogen-bond donors (Lipinski definition) is 2. The first-order valence-electron chi connectivity index (χ1n) is 10.1. The van der Waals surface area contributed by atoms with Crippen LogP contribution in [0.3, 0.4) is 0 Å². The molecule has 0 radical (unpaired) electrons. The first kappa shape index (κ1) is 19.1. The van der Waals surface area contributed by atoms with Crippen LogP contribution in [0.4, 0.5) is 5.69 Å². The van der Waals surface area contributed by atoms with Crippen LogP contribution >= 0.6 is 0 Å². The molecule has 2 heterocycles. The van der Waals surface area contributed by atoms with E-state index in [1.165, 1.54) is 10.9 Å². The quantitative estimate of drug-likeness (QED) is 0.648. The number of anilines is 1. The number of amides is 2. The largest absolute Gasteiger partial charge is 0.478 e. The van der Waals surface area contributed by atoms with E-state index in [1.54, 1.807) is 4.90 Å². The number of hydrogen-bond acceptors (Lipinski definition) is 3. The lowest BCUT2D eigenvalue weighted by atomic mass is 10.1. The third-order valence-corrected chi connectivity index (χ3v) is 5.29. The summed E-state index contributed by atoms with van der Waals surface area (Å²) in [6, 6.07) is 15.6. The minimum Gasteiger partial charge on any atom is -0.478 e. The SMILES string of the molecule is CCC1Oc2ccccc2N(CCC(=O)NCCc2c[nH]c3ccccc23)C1=O. The Bertz CT molecular complexity index is 1030. The number of benzene rings is 2. The topological polar surface area (TPSA) is 74.4 Å². The minimum atomic E-state index is -0.491. The zero-order valence-electron chi connectivity index (χ0n) is 16.5. The molecule has 1 unspecified atom stereocenters. The van der Waals surface area contributed by atoms with Crippen molar-refractivity contribution in [2.45, 2.75) is 32.3 Å². The fraction of sp³-hybridized carbons (Fsp3) is 0.304. The molecule has 1 aromatic heterocycles. The van der Waals surface area contributed by atoms with Gasteiger partial charge in [-0.1, -0.05) is 37.3 Å². The molecule has 2 amide bonds. The maximum atomic E-state index is 12.7. The third kappa shape index (κ3) is 3.97. The van der Waals surface area contributed by atoms with Crippen LogP contribution in [0.25, 0.3) is 10.9 Å². The molecule has 0 aliphatic carbocycles.